The number of carbonyl (C=O) groups excluding carboxylic acids is 1. The molecule has 0 heterocycles. The smallest absolute Gasteiger partial charge is 0.338 e. The molecule has 0 saturated heterocycles. The van der Waals surface area contributed by atoms with E-state index in [-0.39, 0.29) is 5.57 Å². The first-order valence-corrected chi connectivity index (χ1v) is 4.58. The Balaban J connectivity index is 3.38. The van der Waals surface area contributed by atoms with Gasteiger partial charge >= 0.3 is 5.97 Å². The standard InChI is InChI=1S/C11H8F4O3/c1-4(2)11(16)18-10-7(14)5(12)9(17-3)6(13)8(10)15/h1H2,2-3H3. The molecule has 7 heteroatoms. The highest BCUT2D eigenvalue weighted by molar-refractivity contribution is 5.88. The lowest BCUT2D eigenvalue weighted by Crippen LogP contribution is -2.13. The molecule has 0 aliphatic rings. The van der Waals surface area contributed by atoms with Crippen molar-refractivity contribution in [2.24, 2.45) is 0 Å². The zero-order chi connectivity index (χ0) is 14.0. The van der Waals surface area contributed by atoms with Crippen molar-refractivity contribution in [1.29, 1.82) is 0 Å². The third-order valence-corrected chi connectivity index (χ3v) is 1.93. The zero-order valence-corrected chi connectivity index (χ0v) is 9.44. The molecule has 18 heavy (non-hydrogen) atoms. The van der Waals surface area contributed by atoms with E-state index in [2.05, 4.69) is 16.1 Å². The summed E-state index contributed by atoms with van der Waals surface area (Å²) in [5.41, 5.74) is -0.189. The molecule has 1 aromatic rings. The molecule has 0 fully saturated rings. The molecule has 3 nitrogen and oxygen atoms in total. The number of methoxy groups -OCH3 is 1. The lowest BCUT2D eigenvalue weighted by molar-refractivity contribution is -0.130. The van der Waals surface area contributed by atoms with Gasteiger partial charge < -0.3 is 9.47 Å². The van der Waals surface area contributed by atoms with Gasteiger partial charge in [-0.15, -0.1) is 0 Å². The fraction of sp³-hybridized carbons (Fsp3) is 0.182. The summed E-state index contributed by atoms with van der Waals surface area (Å²) in [7, 11) is 0.833. The second kappa shape index (κ2) is 5.07. The van der Waals surface area contributed by atoms with E-state index in [0.717, 1.165) is 7.11 Å². The molecule has 1 aromatic carbocycles. The van der Waals surface area contributed by atoms with Crippen LogP contribution in [0.5, 0.6) is 11.5 Å². The molecule has 0 saturated carbocycles. The summed E-state index contributed by atoms with van der Waals surface area (Å²) in [6.45, 7) is 4.36. The van der Waals surface area contributed by atoms with Crippen molar-refractivity contribution in [3.05, 3.63) is 35.4 Å². The number of carbonyl (C=O) groups is 1. The summed E-state index contributed by atoms with van der Waals surface area (Å²) >= 11 is 0. The Kier molecular flexibility index (Phi) is 3.95. The highest BCUT2D eigenvalue weighted by Crippen LogP contribution is 2.34. The topological polar surface area (TPSA) is 35.5 Å². The van der Waals surface area contributed by atoms with Crippen LogP contribution < -0.4 is 9.47 Å². The number of hydrogen-bond acceptors (Lipinski definition) is 3. The third kappa shape index (κ3) is 2.29. The molecule has 0 amide bonds. The summed E-state index contributed by atoms with van der Waals surface area (Å²) in [4.78, 5) is 11.1. The molecular formula is C11H8F4O3. The second-order valence-corrected chi connectivity index (χ2v) is 3.29. The van der Waals surface area contributed by atoms with E-state index in [1.807, 2.05) is 0 Å². The highest BCUT2D eigenvalue weighted by Gasteiger charge is 2.29. The Morgan fingerprint density at radius 1 is 1.00 bits per heavy atom. The van der Waals surface area contributed by atoms with E-state index in [1.165, 1.54) is 6.92 Å². The summed E-state index contributed by atoms with van der Waals surface area (Å²) in [5.74, 6) is -11.2. The van der Waals surface area contributed by atoms with Gasteiger partial charge in [0.1, 0.15) is 0 Å². The van der Waals surface area contributed by atoms with Crippen molar-refractivity contribution >= 4 is 5.97 Å². The lowest BCUT2D eigenvalue weighted by Gasteiger charge is -2.10. The molecule has 0 radical (unpaired) electrons. The molecule has 0 aliphatic heterocycles. The van der Waals surface area contributed by atoms with Gasteiger partial charge in [-0.25, -0.2) is 4.79 Å². The van der Waals surface area contributed by atoms with E-state index < -0.39 is 40.7 Å². The number of esters is 1. The first kappa shape index (κ1) is 14.0. The Hall–Kier alpha value is -2.05. The van der Waals surface area contributed by atoms with Gasteiger partial charge in [-0.05, 0) is 6.92 Å². The molecule has 98 valence electrons. The van der Waals surface area contributed by atoms with Crippen molar-refractivity contribution in [2.45, 2.75) is 6.92 Å². The monoisotopic (exact) mass is 264 g/mol. The van der Waals surface area contributed by atoms with Crippen molar-refractivity contribution in [1.82, 2.24) is 0 Å². The van der Waals surface area contributed by atoms with Crippen molar-refractivity contribution in [2.75, 3.05) is 7.11 Å². The van der Waals surface area contributed by atoms with Gasteiger partial charge in [-0.1, -0.05) is 6.58 Å². The highest BCUT2D eigenvalue weighted by atomic mass is 19.2. The van der Waals surface area contributed by atoms with Crippen LogP contribution in [0.25, 0.3) is 0 Å². The van der Waals surface area contributed by atoms with Crippen LogP contribution in [0, 0.1) is 23.3 Å². The zero-order valence-electron chi connectivity index (χ0n) is 9.44. The fourth-order valence-corrected chi connectivity index (χ4v) is 1.04. The first-order chi connectivity index (χ1) is 8.31. The minimum absolute atomic E-state index is 0.189. The van der Waals surface area contributed by atoms with Crippen LogP contribution in [-0.4, -0.2) is 13.1 Å². The lowest BCUT2D eigenvalue weighted by atomic mass is 10.2. The van der Waals surface area contributed by atoms with Crippen LogP contribution in [0.4, 0.5) is 17.6 Å². The van der Waals surface area contributed by atoms with Gasteiger partial charge in [0, 0.05) is 5.57 Å². The largest absolute Gasteiger partial charge is 0.491 e. The maximum Gasteiger partial charge on any atom is 0.338 e. The molecule has 0 N–H and O–H groups in total. The van der Waals surface area contributed by atoms with Gasteiger partial charge in [-0.2, -0.15) is 17.6 Å². The average molecular weight is 264 g/mol. The summed E-state index contributed by atoms with van der Waals surface area (Å²) < 4.78 is 61.5. The van der Waals surface area contributed by atoms with E-state index >= 15 is 0 Å². The van der Waals surface area contributed by atoms with Crippen molar-refractivity contribution in [3.63, 3.8) is 0 Å². The predicted molar refractivity (Wildman–Crippen MR) is 53.3 cm³/mol. The maximum absolute atomic E-state index is 13.3. The molecule has 0 spiro atoms. The molecule has 0 aromatic heterocycles. The van der Waals surface area contributed by atoms with Crippen LogP contribution in [0.2, 0.25) is 0 Å². The number of halogens is 4. The Morgan fingerprint density at radius 3 is 1.72 bits per heavy atom. The summed E-state index contributed by atoms with van der Waals surface area (Å²) in [6, 6.07) is 0. The van der Waals surface area contributed by atoms with Gasteiger partial charge in [0.2, 0.25) is 29.0 Å². The van der Waals surface area contributed by atoms with Crippen LogP contribution in [0.3, 0.4) is 0 Å². The molecule has 0 bridgehead atoms. The number of benzene rings is 1. The molecule has 0 aliphatic carbocycles. The van der Waals surface area contributed by atoms with Crippen LogP contribution in [-0.2, 0) is 4.79 Å². The van der Waals surface area contributed by atoms with Gasteiger partial charge in [0.15, 0.2) is 5.75 Å². The van der Waals surface area contributed by atoms with E-state index in [0.29, 0.717) is 0 Å². The average Bonchev–Trinajstić information content (AvgIpc) is 2.32. The van der Waals surface area contributed by atoms with Crippen molar-refractivity contribution in [3.8, 4) is 11.5 Å². The summed E-state index contributed by atoms with van der Waals surface area (Å²) in [6.07, 6.45) is 0. The second-order valence-electron chi connectivity index (χ2n) is 3.29. The summed E-state index contributed by atoms with van der Waals surface area (Å²) in [5, 5.41) is 0. The molecule has 0 unspecified atom stereocenters. The Morgan fingerprint density at radius 2 is 1.39 bits per heavy atom. The van der Waals surface area contributed by atoms with E-state index in [9.17, 15) is 22.4 Å². The fourth-order valence-electron chi connectivity index (χ4n) is 1.04. The van der Waals surface area contributed by atoms with Crippen LogP contribution in [0.15, 0.2) is 12.2 Å². The normalized spacial score (nSPS) is 10.1. The number of ether oxygens (including phenoxy) is 2. The maximum atomic E-state index is 13.3. The minimum atomic E-state index is -1.86. The Bertz CT molecular complexity index is 497. The number of hydrogen-bond donors (Lipinski definition) is 0. The van der Waals surface area contributed by atoms with Crippen molar-refractivity contribution < 1.29 is 31.8 Å². The van der Waals surface area contributed by atoms with E-state index in [4.69, 9.17) is 0 Å². The molecular weight excluding hydrogens is 256 g/mol. The third-order valence-electron chi connectivity index (χ3n) is 1.93. The SMILES string of the molecule is C=C(C)C(=O)Oc1c(F)c(F)c(OC)c(F)c1F. The molecule has 0 atom stereocenters. The quantitative estimate of drug-likeness (QED) is 0.277. The predicted octanol–water partition coefficient (Wildman–Crippen LogP) is 2.73. The van der Waals surface area contributed by atoms with Crippen LogP contribution in [0.1, 0.15) is 6.92 Å². The van der Waals surface area contributed by atoms with Gasteiger partial charge in [0.05, 0.1) is 7.11 Å². The van der Waals surface area contributed by atoms with Crippen LogP contribution >= 0.6 is 0 Å². The number of rotatable bonds is 3. The minimum Gasteiger partial charge on any atom is -0.491 e. The molecule has 1 rings (SSSR count). The first-order valence-electron chi connectivity index (χ1n) is 4.58. The van der Waals surface area contributed by atoms with Gasteiger partial charge in [-0.3, -0.25) is 0 Å². The van der Waals surface area contributed by atoms with Gasteiger partial charge in [0.25, 0.3) is 0 Å². The van der Waals surface area contributed by atoms with E-state index in [1.54, 1.807) is 0 Å². The Labute approximate surface area is 99.6 Å².